The summed E-state index contributed by atoms with van der Waals surface area (Å²) in [5, 5.41) is 5.77. The van der Waals surface area contributed by atoms with Gasteiger partial charge in [0.1, 0.15) is 23.5 Å². The molecule has 0 bridgehead atoms. The third kappa shape index (κ3) is 4.29. The molecule has 2 aromatic heterocycles. The Kier molecular flexibility index (Phi) is 6.08. The average Bonchev–Trinajstić information content (AvgIpc) is 3.49. The molecule has 1 aliphatic rings. The number of carbonyl (C=O) groups excluding carboxylic acids is 1. The molecule has 172 valence electrons. The van der Waals surface area contributed by atoms with Gasteiger partial charge in [-0.25, -0.2) is 14.6 Å². The van der Waals surface area contributed by atoms with Crippen LogP contribution in [0.2, 0.25) is 0 Å². The first-order valence-corrected chi connectivity index (χ1v) is 11.6. The Morgan fingerprint density at radius 1 is 1.21 bits per heavy atom. The second-order valence-corrected chi connectivity index (χ2v) is 8.45. The first kappa shape index (κ1) is 21.8. The minimum Gasteiger partial charge on any atom is -0.457 e. The molecule has 1 atom stereocenters. The summed E-state index contributed by atoms with van der Waals surface area (Å²) in [6, 6.07) is 16.1. The van der Waals surface area contributed by atoms with E-state index in [4.69, 9.17) is 9.84 Å². The SMILES string of the molecule is C=CC(=O)N1CCC[C@H]1Cn1nc(-c2ccc(Oc3cccc(CC)c3)cc2)c2cncnc21. The van der Waals surface area contributed by atoms with Gasteiger partial charge in [-0.2, -0.15) is 5.10 Å². The number of ether oxygens (including phenoxy) is 1. The Balaban J connectivity index is 1.42. The number of nitrogens with zero attached hydrogens (tertiary/aromatic N) is 5. The molecule has 0 N–H and O–H groups in total. The predicted octanol–water partition coefficient (Wildman–Crippen LogP) is 5.03. The van der Waals surface area contributed by atoms with Crippen LogP contribution in [-0.4, -0.2) is 43.1 Å². The molecule has 7 heteroatoms. The van der Waals surface area contributed by atoms with Crippen molar-refractivity contribution >= 4 is 16.9 Å². The van der Waals surface area contributed by atoms with Crippen LogP contribution < -0.4 is 4.74 Å². The molecular formula is C27H27N5O2. The third-order valence-corrected chi connectivity index (χ3v) is 6.30. The molecule has 2 aromatic carbocycles. The third-order valence-electron chi connectivity index (χ3n) is 6.30. The zero-order valence-electron chi connectivity index (χ0n) is 19.2. The van der Waals surface area contributed by atoms with Crippen LogP contribution >= 0.6 is 0 Å². The van der Waals surface area contributed by atoms with Gasteiger partial charge in [0.25, 0.3) is 0 Å². The number of amides is 1. The van der Waals surface area contributed by atoms with Gasteiger partial charge in [0, 0.05) is 18.3 Å². The van der Waals surface area contributed by atoms with E-state index in [1.54, 1.807) is 6.20 Å². The smallest absolute Gasteiger partial charge is 0.246 e. The standard InChI is InChI=1S/C27H27N5O2/c1-3-19-7-5-9-23(15-19)34-22-12-10-20(11-13-22)26-24-16-28-18-29-27(24)32(30-26)17-21-8-6-14-31(21)25(33)4-2/h4-5,7,9-13,15-16,18,21H,2-3,6,8,14,17H2,1H3/t21-/m0/s1. The highest BCUT2D eigenvalue weighted by Gasteiger charge is 2.29. The molecule has 0 saturated carbocycles. The van der Waals surface area contributed by atoms with Crippen LogP contribution in [-0.2, 0) is 17.8 Å². The molecule has 1 aliphatic heterocycles. The lowest BCUT2D eigenvalue weighted by Gasteiger charge is -2.23. The largest absolute Gasteiger partial charge is 0.457 e. The Hall–Kier alpha value is -4.00. The zero-order valence-corrected chi connectivity index (χ0v) is 19.2. The number of likely N-dealkylation sites (tertiary alicyclic amines) is 1. The van der Waals surface area contributed by atoms with E-state index in [-0.39, 0.29) is 11.9 Å². The predicted molar refractivity (Wildman–Crippen MR) is 132 cm³/mol. The first-order chi connectivity index (χ1) is 16.7. The molecule has 0 spiro atoms. The molecule has 1 amide bonds. The Labute approximate surface area is 198 Å². The zero-order chi connectivity index (χ0) is 23.5. The Morgan fingerprint density at radius 2 is 2.06 bits per heavy atom. The minimum atomic E-state index is -0.0335. The van der Waals surface area contributed by atoms with Crippen LogP contribution in [0.15, 0.2) is 73.7 Å². The molecule has 3 heterocycles. The van der Waals surface area contributed by atoms with Gasteiger partial charge in [-0.15, -0.1) is 0 Å². The number of benzene rings is 2. The van der Waals surface area contributed by atoms with Crippen molar-refractivity contribution in [1.82, 2.24) is 24.6 Å². The summed E-state index contributed by atoms with van der Waals surface area (Å²) in [6.07, 6.45) is 7.60. The summed E-state index contributed by atoms with van der Waals surface area (Å²) in [4.78, 5) is 22.8. The van der Waals surface area contributed by atoms with Gasteiger partial charge in [0.2, 0.25) is 5.91 Å². The maximum Gasteiger partial charge on any atom is 0.246 e. The summed E-state index contributed by atoms with van der Waals surface area (Å²) < 4.78 is 7.94. The normalized spacial score (nSPS) is 15.6. The van der Waals surface area contributed by atoms with Gasteiger partial charge in [0.05, 0.1) is 18.0 Å². The maximum absolute atomic E-state index is 12.2. The number of hydrogen-bond acceptors (Lipinski definition) is 5. The van der Waals surface area contributed by atoms with E-state index in [0.717, 1.165) is 59.6 Å². The monoisotopic (exact) mass is 453 g/mol. The lowest BCUT2D eigenvalue weighted by Crippen LogP contribution is -2.37. The maximum atomic E-state index is 12.2. The molecule has 0 radical (unpaired) electrons. The van der Waals surface area contributed by atoms with E-state index < -0.39 is 0 Å². The summed E-state index contributed by atoms with van der Waals surface area (Å²) in [6.45, 7) is 7.10. The molecule has 5 rings (SSSR count). The fraction of sp³-hybridized carbons (Fsp3) is 0.259. The molecule has 34 heavy (non-hydrogen) atoms. The number of aryl methyl sites for hydroxylation is 1. The van der Waals surface area contributed by atoms with Crippen molar-refractivity contribution in [1.29, 1.82) is 0 Å². The Morgan fingerprint density at radius 3 is 2.85 bits per heavy atom. The lowest BCUT2D eigenvalue weighted by molar-refractivity contribution is -0.127. The number of rotatable bonds is 7. The molecule has 0 unspecified atom stereocenters. The minimum absolute atomic E-state index is 0.0335. The van der Waals surface area contributed by atoms with E-state index in [1.807, 2.05) is 46.0 Å². The van der Waals surface area contributed by atoms with Crippen LogP contribution in [0.5, 0.6) is 11.5 Å². The second kappa shape index (κ2) is 9.47. The van der Waals surface area contributed by atoms with Crippen molar-refractivity contribution in [2.75, 3.05) is 6.54 Å². The molecule has 4 aromatic rings. The van der Waals surface area contributed by atoms with Crippen LogP contribution in [0.3, 0.4) is 0 Å². The van der Waals surface area contributed by atoms with E-state index in [1.165, 1.54) is 18.0 Å². The highest BCUT2D eigenvalue weighted by atomic mass is 16.5. The fourth-order valence-corrected chi connectivity index (χ4v) is 4.54. The van der Waals surface area contributed by atoms with E-state index in [0.29, 0.717) is 6.54 Å². The lowest BCUT2D eigenvalue weighted by atomic mass is 10.1. The molecule has 7 nitrogen and oxygen atoms in total. The van der Waals surface area contributed by atoms with Gasteiger partial charge in [-0.3, -0.25) is 4.79 Å². The van der Waals surface area contributed by atoms with Crippen LogP contribution in [0.25, 0.3) is 22.3 Å². The summed E-state index contributed by atoms with van der Waals surface area (Å²) >= 11 is 0. The topological polar surface area (TPSA) is 73.1 Å². The summed E-state index contributed by atoms with van der Waals surface area (Å²) in [5.74, 6) is 1.56. The van der Waals surface area contributed by atoms with E-state index >= 15 is 0 Å². The first-order valence-electron chi connectivity index (χ1n) is 11.6. The average molecular weight is 454 g/mol. The van der Waals surface area contributed by atoms with Crippen LogP contribution in [0.1, 0.15) is 25.3 Å². The van der Waals surface area contributed by atoms with Crippen molar-refractivity contribution in [2.45, 2.75) is 38.8 Å². The van der Waals surface area contributed by atoms with E-state index in [2.05, 4.69) is 35.6 Å². The van der Waals surface area contributed by atoms with Crippen molar-refractivity contribution in [3.63, 3.8) is 0 Å². The molecule has 1 fully saturated rings. The van der Waals surface area contributed by atoms with E-state index in [9.17, 15) is 4.79 Å². The van der Waals surface area contributed by atoms with Gasteiger partial charge in [-0.1, -0.05) is 25.6 Å². The second-order valence-electron chi connectivity index (χ2n) is 8.45. The molecular weight excluding hydrogens is 426 g/mol. The van der Waals surface area contributed by atoms with Crippen molar-refractivity contribution in [3.05, 3.63) is 79.3 Å². The fourth-order valence-electron chi connectivity index (χ4n) is 4.54. The van der Waals surface area contributed by atoms with Gasteiger partial charge in [-0.05, 0) is 67.3 Å². The Bertz CT molecular complexity index is 1330. The number of aromatic nitrogens is 4. The number of carbonyl (C=O) groups is 1. The molecule has 0 aliphatic carbocycles. The highest BCUT2D eigenvalue weighted by molar-refractivity contribution is 5.90. The van der Waals surface area contributed by atoms with Crippen LogP contribution in [0, 0.1) is 0 Å². The van der Waals surface area contributed by atoms with Gasteiger partial charge in [0.15, 0.2) is 5.65 Å². The summed E-state index contributed by atoms with van der Waals surface area (Å²) in [7, 11) is 0. The number of hydrogen-bond donors (Lipinski definition) is 0. The van der Waals surface area contributed by atoms with Gasteiger partial charge < -0.3 is 9.64 Å². The molecule has 1 saturated heterocycles. The number of fused-ring (bicyclic) bond motifs is 1. The quantitative estimate of drug-likeness (QED) is 0.367. The highest BCUT2D eigenvalue weighted by Crippen LogP contribution is 2.30. The van der Waals surface area contributed by atoms with Gasteiger partial charge >= 0.3 is 0 Å². The van der Waals surface area contributed by atoms with Crippen LogP contribution in [0.4, 0.5) is 0 Å². The van der Waals surface area contributed by atoms with Crippen molar-refractivity contribution < 1.29 is 9.53 Å². The van der Waals surface area contributed by atoms with Crippen molar-refractivity contribution in [3.8, 4) is 22.8 Å². The van der Waals surface area contributed by atoms with Crippen molar-refractivity contribution in [2.24, 2.45) is 0 Å². The summed E-state index contributed by atoms with van der Waals surface area (Å²) in [5.41, 5.74) is 3.77.